The number of morpholine rings is 1. The second-order valence-electron chi connectivity index (χ2n) is 6.76. The van der Waals surface area contributed by atoms with Crippen molar-refractivity contribution in [3.05, 3.63) is 0 Å². The minimum Gasteiger partial charge on any atom is -0.368 e. The minimum atomic E-state index is -0.0402. The third-order valence-corrected chi connectivity index (χ3v) is 4.62. The van der Waals surface area contributed by atoms with Gasteiger partial charge in [-0.2, -0.15) is 0 Å². The van der Waals surface area contributed by atoms with Crippen molar-refractivity contribution in [2.45, 2.75) is 70.6 Å². The van der Waals surface area contributed by atoms with E-state index in [0.29, 0.717) is 6.54 Å². The fourth-order valence-electron chi connectivity index (χ4n) is 3.71. The van der Waals surface area contributed by atoms with Gasteiger partial charge in [0.25, 0.3) is 0 Å². The molecule has 106 valence electrons. The van der Waals surface area contributed by atoms with E-state index in [1.165, 1.54) is 32.1 Å². The Morgan fingerprint density at radius 3 is 2.78 bits per heavy atom. The molecule has 0 radical (unpaired) electrons. The van der Waals surface area contributed by atoms with Crippen LogP contribution in [0.3, 0.4) is 0 Å². The van der Waals surface area contributed by atoms with Crippen LogP contribution in [0.4, 0.5) is 0 Å². The smallest absolute Gasteiger partial charge is 0.0831 e. The normalized spacial score (nSPS) is 37.7. The molecule has 3 unspecified atom stereocenters. The topological polar surface area (TPSA) is 38.5 Å². The molecule has 1 aliphatic heterocycles. The summed E-state index contributed by atoms with van der Waals surface area (Å²) in [6.07, 6.45) is 7.13. The predicted molar refractivity (Wildman–Crippen MR) is 75.6 cm³/mol. The molecule has 0 aromatic heterocycles. The first-order valence-electron chi connectivity index (χ1n) is 7.66. The lowest BCUT2D eigenvalue weighted by molar-refractivity contribution is -0.144. The average molecular weight is 254 g/mol. The Labute approximate surface area is 112 Å². The van der Waals surface area contributed by atoms with E-state index < -0.39 is 0 Å². The molecule has 3 nitrogen and oxygen atoms in total. The highest BCUT2D eigenvalue weighted by Crippen LogP contribution is 2.32. The quantitative estimate of drug-likeness (QED) is 0.840. The lowest BCUT2D eigenvalue weighted by atomic mass is 9.83. The highest BCUT2D eigenvalue weighted by Gasteiger charge is 2.37. The van der Waals surface area contributed by atoms with Gasteiger partial charge < -0.3 is 10.5 Å². The Balaban J connectivity index is 1.98. The standard InChI is InChI=1S/C15H30N2O/c1-4-12-6-5-7-13(8-12)17-10-14(9-16)18-15(2,3)11-17/h12-14H,4-11,16H2,1-3H3. The summed E-state index contributed by atoms with van der Waals surface area (Å²) in [5.41, 5.74) is 5.78. The van der Waals surface area contributed by atoms with Crippen molar-refractivity contribution in [3.8, 4) is 0 Å². The summed E-state index contributed by atoms with van der Waals surface area (Å²) in [5, 5.41) is 0. The largest absolute Gasteiger partial charge is 0.368 e. The molecule has 2 fully saturated rings. The van der Waals surface area contributed by atoms with Gasteiger partial charge >= 0.3 is 0 Å². The van der Waals surface area contributed by atoms with Crippen LogP contribution in [0, 0.1) is 5.92 Å². The van der Waals surface area contributed by atoms with Crippen LogP contribution in [-0.4, -0.2) is 42.3 Å². The van der Waals surface area contributed by atoms with Gasteiger partial charge in [0.2, 0.25) is 0 Å². The molecule has 2 N–H and O–H groups in total. The number of hydrogen-bond acceptors (Lipinski definition) is 3. The van der Waals surface area contributed by atoms with E-state index in [9.17, 15) is 0 Å². The van der Waals surface area contributed by atoms with Crippen molar-refractivity contribution in [1.29, 1.82) is 0 Å². The van der Waals surface area contributed by atoms with Crippen molar-refractivity contribution in [1.82, 2.24) is 4.90 Å². The predicted octanol–water partition coefficient (Wildman–Crippen LogP) is 2.39. The first-order valence-corrected chi connectivity index (χ1v) is 7.66. The molecule has 2 aliphatic rings. The third kappa shape index (κ3) is 3.46. The Bertz CT molecular complexity index is 267. The fourth-order valence-corrected chi connectivity index (χ4v) is 3.71. The van der Waals surface area contributed by atoms with E-state index in [4.69, 9.17) is 10.5 Å². The molecule has 1 saturated heterocycles. The summed E-state index contributed by atoms with van der Waals surface area (Å²) in [6, 6.07) is 0.765. The molecule has 3 heteroatoms. The van der Waals surface area contributed by atoms with Gasteiger partial charge in [-0.15, -0.1) is 0 Å². The first kappa shape index (κ1) is 14.3. The summed E-state index contributed by atoms with van der Waals surface area (Å²) < 4.78 is 6.03. The zero-order chi connectivity index (χ0) is 13.2. The molecule has 0 amide bonds. The van der Waals surface area contributed by atoms with Gasteiger partial charge in [0.05, 0.1) is 11.7 Å². The lowest BCUT2D eigenvalue weighted by Crippen LogP contribution is -2.58. The number of nitrogens with zero attached hydrogens (tertiary/aromatic N) is 1. The number of rotatable bonds is 3. The lowest BCUT2D eigenvalue weighted by Gasteiger charge is -2.47. The minimum absolute atomic E-state index is 0.0402. The molecule has 1 saturated carbocycles. The maximum absolute atomic E-state index is 6.03. The molecular weight excluding hydrogens is 224 g/mol. The van der Waals surface area contributed by atoms with Crippen molar-refractivity contribution >= 4 is 0 Å². The molecule has 18 heavy (non-hydrogen) atoms. The molecular formula is C15H30N2O. The van der Waals surface area contributed by atoms with Gasteiger partial charge in [0, 0.05) is 25.7 Å². The zero-order valence-electron chi connectivity index (χ0n) is 12.3. The maximum atomic E-state index is 6.03. The van der Waals surface area contributed by atoms with Crippen LogP contribution in [0.25, 0.3) is 0 Å². The molecule has 0 spiro atoms. The zero-order valence-corrected chi connectivity index (χ0v) is 12.3. The highest BCUT2D eigenvalue weighted by molar-refractivity contribution is 4.90. The van der Waals surface area contributed by atoms with Gasteiger partial charge in [0.1, 0.15) is 0 Å². The molecule has 0 bridgehead atoms. The highest BCUT2D eigenvalue weighted by atomic mass is 16.5. The fraction of sp³-hybridized carbons (Fsp3) is 1.00. The van der Waals surface area contributed by atoms with E-state index in [2.05, 4.69) is 25.7 Å². The third-order valence-electron chi connectivity index (χ3n) is 4.62. The van der Waals surface area contributed by atoms with Crippen LogP contribution in [-0.2, 0) is 4.74 Å². The van der Waals surface area contributed by atoms with E-state index in [-0.39, 0.29) is 11.7 Å². The van der Waals surface area contributed by atoms with Crippen molar-refractivity contribution in [2.75, 3.05) is 19.6 Å². The van der Waals surface area contributed by atoms with Gasteiger partial charge in [-0.05, 0) is 32.6 Å². The van der Waals surface area contributed by atoms with Crippen LogP contribution in [0.5, 0.6) is 0 Å². The molecule has 0 aromatic rings. The van der Waals surface area contributed by atoms with Crippen LogP contribution < -0.4 is 5.73 Å². The van der Waals surface area contributed by atoms with E-state index in [1.807, 2.05) is 0 Å². The Kier molecular flexibility index (Phi) is 4.68. The van der Waals surface area contributed by atoms with Crippen LogP contribution in [0.2, 0.25) is 0 Å². The second-order valence-corrected chi connectivity index (χ2v) is 6.76. The van der Waals surface area contributed by atoms with Gasteiger partial charge in [-0.3, -0.25) is 4.90 Å². The Morgan fingerprint density at radius 2 is 2.11 bits per heavy atom. The number of nitrogens with two attached hydrogens (primary N) is 1. The summed E-state index contributed by atoms with van der Waals surface area (Å²) in [7, 11) is 0. The molecule has 1 aliphatic carbocycles. The summed E-state index contributed by atoms with van der Waals surface area (Å²) in [6.45, 7) is 9.46. The average Bonchev–Trinajstić information content (AvgIpc) is 2.37. The molecule has 2 rings (SSSR count). The number of ether oxygens (including phenoxy) is 1. The van der Waals surface area contributed by atoms with Crippen LogP contribution in [0.1, 0.15) is 52.9 Å². The Morgan fingerprint density at radius 1 is 1.33 bits per heavy atom. The van der Waals surface area contributed by atoms with E-state index in [1.54, 1.807) is 0 Å². The van der Waals surface area contributed by atoms with Crippen molar-refractivity contribution < 1.29 is 4.74 Å². The SMILES string of the molecule is CCC1CCCC(N2CC(CN)OC(C)(C)C2)C1. The van der Waals surface area contributed by atoms with Crippen LogP contribution >= 0.6 is 0 Å². The van der Waals surface area contributed by atoms with Gasteiger partial charge in [-0.1, -0.05) is 26.2 Å². The summed E-state index contributed by atoms with van der Waals surface area (Å²) >= 11 is 0. The van der Waals surface area contributed by atoms with Crippen LogP contribution in [0.15, 0.2) is 0 Å². The monoisotopic (exact) mass is 254 g/mol. The molecule has 1 heterocycles. The van der Waals surface area contributed by atoms with Gasteiger partial charge in [-0.25, -0.2) is 0 Å². The first-order chi connectivity index (χ1) is 8.54. The molecule has 0 aromatic carbocycles. The van der Waals surface area contributed by atoms with Crippen molar-refractivity contribution in [2.24, 2.45) is 11.7 Å². The number of hydrogen-bond donors (Lipinski definition) is 1. The summed E-state index contributed by atoms with van der Waals surface area (Å²) in [4.78, 5) is 2.66. The van der Waals surface area contributed by atoms with Gasteiger partial charge in [0.15, 0.2) is 0 Å². The maximum Gasteiger partial charge on any atom is 0.0831 e. The Hall–Kier alpha value is -0.120. The van der Waals surface area contributed by atoms with E-state index >= 15 is 0 Å². The summed E-state index contributed by atoms with van der Waals surface area (Å²) in [5.74, 6) is 0.936. The van der Waals surface area contributed by atoms with E-state index in [0.717, 1.165) is 25.0 Å². The molecule has 3 atom stereocenters. The second kappa shape index (κ2) is 5.89. The van der Waals surface area contributed by atoms with Crippen molar-refractivity contribution in [3.63, 3.8) is 0 Å².